The molecule has 0 N–H and O–H groups in total. The third-order valence-corrected chi connectivity index (χ3v) is 5.53. The lowest BCUT2D eigenvalue weighted by molar-refractivity contribution is -0.0166. The van der Waals surface area contributed by atoms with Crippen LogP contribution < -0.4 is 0 Å². The number of piperidine rings is 1. The van der Waals surface area contributed by atoms with Crippen LogP contribution in [0.4, 0.5) is 0 Å². The Morgan fingerprint density at radius 2 is 1.79 bits per heavy atom. The molecule has 2 aliphatic rings. The van der Waals surface area contributed by atoms with Crippen LogP contribution in [0.15, 0.2) is 54.6 Å². The molecule has 1 saturated heterocycles. The van der Waals surface area contributed by atoms with E-state index in [9.17, 15) is 4.79 Å². The number of hydrogen-bond acceptors (Lipinski definition) is 3. The average molecular weight is 321 g/mol. The van der Waals surface area contributed by atoms with Gasteiger partial charge in [-0.2, -0.15) is 0 Å². The second kappa shape index (κ2) is 6.40. The Morgan fingerprint density at radius 1 is 1.04 bits per heavy atom. The third-order valence-electron chi connectivity index (χ3n) is 5.53. The molecule has 4 rings (SSSR count). The zero-order chi connectivity index (χ0) is 16.5. The fraction of sp³-hybridized carbons (Fsp3) is 0.381. The van der Waals surface area contributed by atoms with E-state index in [0.29, 0.717) is 17.6 Å². The van der Waals surface area contributed by atoms with E-state index in [1.54, 1.807) is 0 Å². The summed E-state index contributed by atoms with van der Waals surface area (Å²) in [7, 11) is 2.21. The molecule has 0 radical (unpaired) electrons. The zero-order valence-corrected chi connectivity index (χ0v) is 14.0. The maximum atomic E-state index is 12.4. The fourth-order valence-corrected chi connectivity index (χ4v) is 4.20. The number of fused-ring (bicyclic) bond motifs is 4. The van der Waals surface area contributed by atoms with Gasteiger partial charge in [0.2, 0.25) is 0 Å². The number of nitrogens with zero attached hydrogens (tertiary/aromatic N) is 1. The van der Waals surface area contributed by atoms with Crippen molar-refractivity contribution in [3.05, 3.63) is 71.3 Å². The monoisotopic (exact) mass is 321 g/mol. The number of benzene rings is 2. The molecule has 1 fully saturated rings. The number of carbonyl (C=O) groups is 1. The molecule has 0 saturated carbocycles. The number of aryl methyl sites for hydroxylation is 1. The van der Waals surface area contributed by atoms with Gasteiger partial charge in [-0.15, -0.1) is 0 Å². The lowest BCUT2D eigenvalue weighted by atomic mass is 9.90. The molecule has 24 heavy (non-hydrogen) atoms. The lowest BCUT2D eigenvalue weighted by Gasteiger charge is -2.41. The summed E-state index contributed by atoms with van der Waals surface area (Å²) in [6.45, 7) is 0. The predicted octanol–water partition coefficient (Wildman–Crippen LogP) is 3.99. The van der Waals surface area contributed by atoms with Gasteiger partial charge in [-0.3, -0.25) is 4.90 Å². The van der Waals surface area contributed by atoms with Crippen molar-refractivity contribution >= 4 is 5.97 Å². The van der Waals surface area contributed by atoms with Gasteiger partial charge in [0.1, 0.15) is 6.10 Å². The van der Waals surface area contributed by atoms with E-state index < -0.39 is 0 Å². The van der Waals surface area contributed by atoms with Crippen molar-refractivity contribution in [3.8, 4) is 0 Å². The number of carbonyl (C=O) groups excluding carboxylic acids is 1. The van der Waals surface area contributed by atoms with Gasteiger partial charge in [-0.05, 0) is 43.1 Å². The number of hydrogen-bond donors (Lipinski definition) is 0. The van der Waals surface area contributed by atoms with E-state index in [-0.39, 0.29) is 12.1 Å². The highest BCUT2D eigenvalue weighted by Gasteiger charge is 2.38. The van der Waals surface area contributed by atoms with Crippen LogP contribution in [0.25, 0.3) is 0 Å². The Bertz CT molecular complexity index is 728. The summed E-state index contributed by atoms with van der Waals surface area (Å²) >= 11 is 0. The van der Waals surface area contributed by atoms with Gasteiger partial charge in [0.05, 0.1) is 5.56 Å². The molecule has 0 spiro atoms. The summed E-state index contributed by atoms with van der Waals surface area (Å²) < 4.78 is 5.87. The van der Waals surface area contributed by atoms with Gasteiger partial charge >= 0.3 is 5.97 Å². The highest BCUT2D eigenvalue weighted by atomic mass is 16.5. The number of ether oxygens (including phenoxy) is 1. The third kappa shape index (κ3) is 2.84. The minimum atomic E-state index is -0.199. The van der Waals surface area contributed by atoms with E-state index in [2.05, 4.69) is 36.2 Å². The van der Waals surface area contributed by atoms with Crippen LogP contribution in [0.2, 0.25) is 0 Å². The molecule has 2 aliphatic heterocycles. The van der Waals surface area contributed by atoms with Gasteiger partial charge in [0.15, 0.2) is 0 Å². The van der Waals surface area contributed by atoms with Gasteiger partial charge < -0.3 is 4.74 Å². The summed E-state index contributed by atoms with van der Waals surface area (Å²) in [6.07, 6.45) is 4.04. The average Bonchev–Trinajstić information content (AvgIpc) is 2.69. The van der Waals surface area contributed by atoms with E-state index in [1.807, 2.05) is 30.3 Å². The fourth-order valence-electron chi connectivity index (χ4n) is 4.20. The highest BCUT2D eigenvalue weighted by Crippen LogP contribution is 2.40. The largest absolute Gasteiger partial charge is 0.459 e. The van der Waals surface area contributed by atoms with Crippen LogP contribution in [0.5, 0.6) is 0 Å². The van der Waals surface area contributed by atoms with Crippen molar-refractivity contribution in [2.24, 2.45) is 0 Å². The second-order valence-corrected chi connectivity index (χ2v) is 6.94. The predicted molar refractivity (Wildman–Crippen MR) is 93.9 cm³/mol. The van der Waals surface area contributed by atoms with Gasteiger partial charge in [-0.1, -0.05) is 42.5 Å². The van der Waals surface area contributed by atoms with Crippen molar-refractivity contribution in [3.63, 3.8) is 0 Å². The van der Waals surface area contributed by atoms with Gasteiger partial charge in [-0.25, -0.2) is 4.79 Å². The Morgan fingerprint density at radius 3 is 2.62 bits per heavy atom. The molecule has 2 heterocycles. The Hall–Kier alpha value is -2.13. The van der Waals surface area contributed by atoms with Crippen LogP contribution in [0, 0.1) is 0 Å². The molecule has 0 aliphatic carbocycles. The molecule has 3 atom stereocenters. The molecule has 3 heteroatoms. The molecular formula is C21H23NO2. The van der Waals surface area contributed by atoms with Crippen molar-refractivity contribution < 1.29 is 9.53 Å². The smallest absolute Gasteiger partial charge is 0.338 e. The van der Waals surface area contributed by atoms with Crippen LogP contribution in [0.1, 0.15) is 46.8 Å². The van der Waals surface area contributed by atoms with Gasteiger partial charge in [0.25, 0.3) is 0 Å². The van der Waals surface area contributed by atoms with Crippen LogP contribution in [-0.2, 0) is 11.2 Å². The molecule has 2 aromatic rings. The summed E-state index contributed by atoms with van der Waals surface area (Å²) in [5.41, 5.74) is 3.50. The topological polar surface area (TPSA) is 29.5 Å². The number of rotatable bonds is 2. The summed E-state index contributed by atoms with van der Waals surface area (Å²) in [5.74, 6) is -0.199. The molecule has 3 nitrogen and oxygen atoms in total. The Kier molecular flexibility index (Phi) is 4.11. The quantitative estimate of drug-likeness (QED) is 0.783. The van der Waals surface area contributed by atoms with Crippen molar-refractivity contribution in [2.45, 2.75) is 43.9 Å². The molecular weight excluding hydrogens is 298 g/mol. The summed E-state index contributed by atoms with van der Waals surface area (Å²) in [5, 5.41) is 0. The first-order chi connectivity index (χ1) is 11.7. The van der Waals surface area contributed by atoms with E-state index in [4.69, 9.17) is 4.74 Å². The molecule has 0 amide bonds. The SMILES string of the molecule is CN1C2CCc3ccccc3C1CC(OC(=O)c1ccccc1)C2. The maximum absolute atomic E-state index is 12.4. The Balaban J connectivity index is 1.55. The first-order valence-electron chi connectivity index (χ1n) is 8.78. The van der Waals surface area contributed by atoms with Crippen molar-refractivity contribution in [2.75, 3.05) is 7.05 Å². The standard InChI is InChI=1S/C21H23NO2/c1-22-17-12-11-15-7-5-6-10-19(15)20(22)14-18(13-17)24-21(23)16-8-3-2-4-9-16/h2-10,17-18,20H,11-14H2,1H3. The van der Waals surface area contributed by atoms with Crippen LogP contribution in [-0.4, -0.2) is 30.1 Å². The number of esters is 1. The van der Waals surface area contributed by atoms with Crippen LogP contribution >= 0.6 is 0 Å². The maximum Gasteiger partial charge on any atom is 0.338 e. The highest BCUT2D eigenvalue weighted by molar-refractivity contribution is 5.89. The summed E-state index contributed by atoms with van der Waals surface area (Å²) in [6, 6.07) is 18.9. The molecule has 2 bridgehead atoms. The normalized spacial score (nSPS) is 26.3. The molecule has 124 valence electrons. The Labute approximate surface area is 143 Å². The van der Waals surface area contributed by atoms with Crippen molar-refractivity contribution in [1.82, 2.24) is 4.90 Å². The minimum absolute atomic E-state index is 0.00457. The minimum Gasteiger partial charge on any atom is -0.459 e. The van der Waals surface area contributed by atoms with E-state index >= 15 is 0 Å². The zero-order valence-electron chi connectivity index (χ0n) is 14.0. The summed E-state index contributed by atoms with van der Waals surface area (Å²) in [4.78, 5) is 14.9. The van der Waals surface area contributed by atoms with Gasteiger partial charge in [0, 0.05) is 24.9 Å². The molecule has 0 aromatic heterocycles. The first-order valence-corrected chi connectivity index (χ1v) is 8.78. The molecule has 2 aromatic carbocycles. The molecule has 3 unspecified atom stereocenters. The van der Waals surface area contributed by atoms with E-state index in [0.717, 1.165) is 25.7 Å². The second-order valence-electron chi connectivity index (χ2n) is 6.94. The van der Waals surface area contributed by atoms with Crippen molar-refractivity contribution in [1.29, 1.82) is 0 Å². The lowest BCUT2D eigenvalue weighted by Crippen LogP contribution is -2.44. The van der Waals surface area contributed by atoms with E-state index in [1.165, 1.54) is 11.1 Å². The first kappa shape index (κ1) is 15.4. The van der Waals surface area contributed by atoms with Crippen LogP contribution in [0.3, 0.4) is 0 Å².